The third kappa shape index (κ3) is 5.69. The third-order valence-electron chi connectivity index (χ3n) is 2.82. The molecule has 3 N–H and O–H groups in total. The molecule has 0 spiro atoms. The summed E-state index contributed by atoms with van der Waals surface area (Å²) in [5.74, 6) is -1.45. The molecule has 1 atom stereocenters. The molecule has 21 heavy (non-hydrogen) atoms. The molecular formula is C14H20ClFN2O3. The average molecular weight is 319 g/mol. The van der Waals surface area contributed by atoms with Crippen LogP contribution in [-0.4, -0.2) is 25.0 Å². The van der Waals surface area contributed by atoms with Gasteiger partial charge in [0, 0.05) is 5.69 Å². The van der Waals surface area contributed by atoms with Gasteiger partial charge in [0.2, 0.25) is 5.91 Å². The highest BCUT2D eigenvalue weighted by Crippen LogP contribution is 2.21. The van der Waals surface area contributed by atoms with Gasteiger partial charge in [-0.2, -0.15) is 0 Å². The highest BCUT2D eigenvalue weighted by atomic mass is 35.5. The zero-order chi connectivity index (χ0) is 15.3. The lowest BCUT2D eigenvalue weighted by Gasteiger charge is -2.11. The summed E-state index contributed by atoms with van der Waals surface area (Å²) in [7, 11) is 1.19. The highest BCUT2D eigenvalue weighted by molar-refractivity contribution is 5.94. The molecule has 0 saturated heterocycles. The Hall–Kier alpha value is -1.66. The van der Waals surface area contributed by atoms with Gasteiger partial charge in [-0.3, -0.25) is 9.59 Å². The normalized spacial score (nSPS) is 11.5. The van der Waals surface area contributed by atoms with Gasteiger partial charge in [-0.15, -0.1) is 12.4 Å². The molecule has 0 aromatic heterocycles. The molecule has 0 aliphatic rings. The zero-order valence-corrected chi connectivity index (χ0v) is 13.0. The number of halogens is 2. The summed E-state index contributed by atoms with van der Waals surface area (Å²) in [6.07, 6.45) is -0.222. The van der Waals surface area contributed by atoms with Gasteiger partial charge < -0.3 is 15.8 Å². The summed E-state index contributed by atoms with van der Waals surface area (Å²) in [6, 6.07) is 3.45. The standard InChI is InChI=1S/C14H19FN2O3.ClH/c1-8(2)10-5-4-9(6-11(10)15)17-13(18)7-12(16)14(19)20-3;/h4-6,8,12H,7,16H2,1-3H3,(H,17,18);1H/t12-;/m1./s1. The molecule has 0 unspecified atom stereocenters. The number of rotatable bonds is 5. The monoisotopic (exact) mass is 318 g/mol. The number of methoxy groups -OCH3 is 1. The smallest absolute Gasteiger partial charge is 0.323 e. The lowest BCUT2D eigenvalue weighted by Crippen LogP contribution is -2.35. The van der Waals surface area contributed by atoms with E-state index in [0.29, 0.717) is 11.3 Å². The molecule has 0 heterocycles. The van der Waals surface area contributed by atoms with E-state index in [2.05, 4.69) is 10.1 Å². The van der Waals surface area contributed by atoms with Gasteiger partial charge in [0.25, 0.3) is 0 Å². The maximum atomic E-state index is 13.7. The predicted molar refractivity (Wildman–Crippen MR) is 81.0 cm³/mol. The molecule has 7 heteroatoms. The number of hydrogen-bond acceptors (Lipinski definition) is 4. The van der Waals surface area contributed by atoms with Crippen LogP contribution in [0.25, 0.3) is 0 Å². The molecule has 1 amide bonds. The second kappa shape index (κ2) is 8.59. The Kier molecular flexibility index (Phi) is 7.91. The van der Waals surface area contributed by atoms with Crippen molar-refractivity contribution < 1.29 is 18.7 Å². The first-order valence-corrected chi connectivity index (χ1v) is 6.27. The van der Waals surface area contributed by atoms with Crippen molar-refractivity contribution in [2.24, 2.45) is 5.73 Å². The first-order valence-electron chi connectivity index (χ1n) is 6.27. The van der Waals surface area contributed by atoms with Crippen molar-refractivity contribution in [3.63, 3.8) is 0 Å². The van der Waals surface area contributed by atoms with Crippen LogP contribution in [0.4, 0.5) is 10.1 Å². The number of anilines is 1. The van der Waals surface area contributed by atoms with Crippen molar-refractivity contribution in [1.82, 2.24) is 0 Å². The summed E-state index contributed by atoms with van der Waals surface area (Å²) in [5.41, 5.74) is 6.37. The Morgan fingerprint density at radius 3 is 2.48 bits per heavy atom. The molecule has 118 valence electrons. The van der Waals surface area contributed by atoms with Crippen LogP contribution in [0.1, 0.15) is 31.7 Å². The van der Waals surface area contributed by atoms with Crippen molar-refractivity contribution in [3.05, 3.63) is 29.6 Å². The molecule has 0 radical (unpaired) electrons. The number of carbonyl (C=O) groups excluding carboxylic acids is 2. The van der Waals surface area contributed by atoms with Gasteiger partial charge in [0.15, 0.2) is 0 Å². The molecule has 0 fully saturated rings. The van der Waals surface area contributed by atoms with Gasteiger partial charge in [0.1, 0.15) is 11.9 Å². The lowest BCUT2D eigenvalue weighted by atomic mass is 10.0. The first kappa shape index (κ1) is 19.3. The lowest BCUT2D eigenvalue weighted by molar-refractivity contribution is -0.143. The number of benzene rings is 1. The number of carbonyl (C=O) groups is 2. The quantitative estimate of drug-likeness (QED) is 0.815. The van der Waals surface area contributed by atoms with Crippen LogP contribution in [-0.2, 0) is 14.3 Å². The maximum absolute atomic E-state index is 13.7. The molecule has 0 aliphatic carbocycles. The van der Waals surface area contributed by atoms with Gasteiger partial charge >= 0.3 is 5.97 Å². The SMILES string of the molecule is COC(=O)[C@H](N)CC(=O)Nc1ccc(C(C)C)c(F)c1.Cl. The summed E-state index contributed by atoms with van der Waals surface area (Å²) >= 11 is 0. The van der Waals surface area contributed by atoms with E-state index >= 15 is 0 Å². The van der Waals surface area contributed by atoms with E-state index in [1.807, 2.05) is 13.8 Å². The van der Waals surface area contributed by atoms with Crippen molar-refractivity contribution in [3.8, 4) is 0 Å². The Labute approximate surface area is 129 Å². The van der Waals surface area contributed by atoms with Crippen LogP contribution in [0.3, 0.4) is 0 Å². The van der Waals surface area contributed by atoms with Gasteiger partial charge in [-0.1, -0.05) is 19.9 Å². The summed E-state index contributed by atoms with van der Waals surface area (Å²) in [4.78, 5) is 22.7. The van der Waals surface area contributed by atoms with E-state index in [0.717, 1.165) is 0 Å². The molecule has 0 bridgehead atoms. The van der Waals surface area contributed by atoms with E-state index in [-0.39, 0.29) is 30.6 Å². The van der Waals surface area contributed by atoms with Gasteiger partial charge in [-0.25, -0.2) is 4.39 Å². The van der Waals surface area contributed by atoms with Crippen LogP contribution < -0.4 is 11.1 Å². The van der Waals surface area contributed by atoms with Crippen molar-refractivity contribution in [1.29, 1.82) is 0 Å². The van der Waals surface area contributed by atoms with E-state index in [1.54, 1.807) is 12.1 Å². The van der Waals surface area contributed by atoms with Gasteiger partial charge in [0.05, 0.1) is 13.5 Å². The Bertz CT molecular complexity index is 509. The minimum atomic E-state index is -1.03. The number of hydrogen-bond donors (Lipinski definition) is 2. The average Bonchev–Trinajstić information content (AvgIpc) is 2.37. The second-order valence-corrected chi connectivity index (χ2v) is 4.77. The number of nitrogens with one attached hydrogen (secondary N) is 1. The minimum absolute atomic E-state index is 0. The van der Waals surface area contributed by atoms with Crippen LogP contribution in [0, 0.1) is 5.82 Å². The fourth-order valence-electron chi connectivity index (χ4n) is 1.72. The molecule has 0 aliphatic heterocycles. The summed E-state index contributed by atoms with van der Waals surface area (Å²) in [6.45, 7) is 3.76. The van der Waals surface area contributed by atoms with Crippen molar-refractivity contribution in [2.75, 3.05) is 12.4 Å². The maximum Gasteiger partial charge on any atom is 0.323 e. The third-order valence-corrected chi connectivity index (χ3v) is 2.82. The first-order chi connectivity index (χ1) is 9.35. The van der Waals surface area contributed by atoms with Gasteiger partial charge in [-0.05, 0) is 23.6 Å². The van der Waals surface area contributed by atoms with Crippen LogP contribution in [0.5, 0.6) is 0 Å². The predicted octanol–water partition coefficient (Wildman–Crippen LogP) is 2.20. The largest absolute Gasteiger partial charge is 0.468 e. The Morgan fingerprint density at radius 1 is 1.38 bits per heavy atom. The van der Waals surface area contributed by atoms with E-state index in [1.165, 1.54) is 13.2 Å². The molecule has 1 aromatic carbocycles. The molecule has 5 nitrogen and oxygen atoms in total. The van der Waals surface area contributed by atoms with Crippen LogP contribution in [0.15, 0.2) is 18.2 Å². The Morgan fingerprint density at radius 2 is 2.00 bits per heavy atom. The molecular weight excluding hydrogens is 299 g/mol. The zero-order valence-electron chi connectivity index (χ0n) is 12.2. The Balaban J connectivity index is 0.00000400. The summed E-state index contributed by atoms with van der Waals surface area (Å²) < 4.78 is 18.2. The highest BCUT2D eigenvalue weighted by Gasteiger charge is 2.18. The molecule has 1 aromatic rings. The van der Waals surface area contributed by atoms with Crippen molar-refractivity contribution in [2.45, 2.75) is 32.2 Å². The van der Waals surface area contributed by atoms with Crippen molar-refractivity contribution >= 4 is 30.0 Å². The second-order valence-electron chi connectivity index (χ2n) is 4.77. The fraction of sp³-hybridized carbons (Fsp3) is 0.429. The summed E-state index contributed by atoms with van der Waals surface area (Å²) in [5, 5.41) is 2.49. The molecule has 1 rings (SSSR count). The number of ether oxygens (including phenoxy) is 1. The van der Waals surface area contributed by atoms with Crippen LogP contribution >= 0.6 is 12.4 Å². The topological polar surface area (TPSA) is 81.4 Å². The molecule has 0 saturated carbocycles. The van der Waals surface area contributed by atoms with E-state index in [4.69, 9.17) is 5.73 Å². The van der Waals surface area contributed by atoms with E-state index < -0.39 is 17.9 Å². The fourth-order valence-corrected chi connectivity index (χ4v) is 1.72. The van der Waals surface area contributed by atoms with E-state index in [9.17, 15) is 14.0 Å². The number of amides is 1. The minimum Gasteiger partial charge on any atom is -0.468 e. The van der Waals surface area contributed by atoms with Crippen LogP contribution in [0.2, 0.25) is 0 Å². The number of nitrogens with two attached hydrogens (primary N) is 1. The number of esters is 1.